The van der Waals surface area contributed by atoms with Gasteiger partial charge in [-0.2, -0.15) is 0 Å². The predicted molar refractivity (Wildman–Crippen MR) is 156 cm³/mol. The number of benzene rings is 3. The molecule has 0 aliphatic carbocycles. The Kier molecular flexibility index (Phi) is 10.4. The lowest BCUT2D eigenvalue weighted by Gasteiger charge is -2.32. The maximum atomic E-state index is 13.9. The highest BCUT2D eigenvalue weighted by molar-refractivity contribution is 9.10. The van der Waals surface area contributed by atoms with Crippen LogP contribution in [0.25, 0.3) is 0 Å². The molecule has 0 radical (unpaired) electrons. The van der Waals surface area contributed by atoms with E-state index in [1.165, 1.54) is 42.3 Å². The van der Waals surface area contributed by atoms with Crippen molar-refractivity contribution in [3.8, 4) is 5.75 Å². The molecule has 1 N–H and O–H groups in total. The standard InChI is InChI=1S/C28H31BrClN3O5S/c1-19(2)31-28(35)20(3)32(17-21-10-12-22(29)13-11-21)27(34)18-33(23-14-15-26(38-4)25(30)16-23)39(36,37)24-8-6-5-7-9-24/h5-16,19-20H,17-18H2,1-4H3,(H,31,35)/t20-/m0/s1. The molecule has 8 nitrogen and oxygen atoms in total. The van der Waals surface area contributed by atoms with E-state index in [2.05, 4.69) is 21.2 Å². The summed E-state index contributed by atoms with van der Waals surface area (Å²) < 4.78 is 34.7. The number of carbonyl (C=O) groups is 2. The van der Waals surface area contributed by atoms with Crippen molar-refractivity contribution >= 4 is 55.1 Å². The molecule has 208 valence electrons. The number of nitrogens with one attached hydrogen (secondary N) is 1. The number of sulfonamides is 1. The van der Waals surface area contributed by atoms with Crippen LogP contribution in [-0.4, -0.2) is 50.9 Å². The molecule has 3 rings (SSSR count). The molecule has 1 atom stereocenters. The molecule has 0 heterocycles. The number of hydrogen-bond donors (Lipinski definition) is 1. The molecule has 3 aromatic rings. The van der Waals surface area contributed by atoms with Gasteiger partial charge in [-0.3, -0.25) is 13.9 Å². The van der Waals surface area contributed by atoms with Gasteiger partial charge in [0.1, 0.15) is 18.3 Å². The van der Waals surface area contributed by atoms with Crippen LogP contribution in [0.2, 0.25) is 5.02 Å². The number of hydrogen-bond acceptors (Lipinski definition) is 5. The number of anilines is 1. The molecule has 0 bridgehead atoms. The monoisotopic (exact) mass is 635 g/mol. The van der Waals surface area contributed by atoms with Crippen molar-refractivity contribution in [2.24, 2.45) is 0 Å². The summed E-state index contributed by atoms with van der Waals surface area (Å²) in [7, 11) is -2.73. The first-order chi connectivity index (χ1) is 18.4. The number of carbonyl (C=O) groups excluding carboxylic acids is 2. The van der Waals surface area contributed by atoms with Crippen molar-refractivity contribution in [1.82, 2.24) is 10.2 Å². The Morgan fingerprint density at radius 2 is 1.64 bits per heavy atom. The summed E-state index contributed by atoms with van der Waals surface area (Å²) in [5.41, 5.74) is 0.960. The first-order valence-corrected chi connectivity index (χ1v) is 14.8. The number of rotatable bonds is 11. The van der Waals surface area contributed by atoms with E-state index in [0.717, 1.165) is 14.3 Å². The van der Waals surface area contributed by atoms with Gasteiger partial charge in [-0.25, -0.2) is 8.42 Å². The highest BCUT2D eigenvalue weighted by Crippen LogP contribution is 2.32. The summed E-state index contributed by atoms with van der Waals surface area (Å²) in [5, 5.41) is 3.02. The van der Waals surface area contributed by atoms with Gasteiger partial charge in [0.25, 0.3) is 10.0 Å². The molecule has 0 saturated heterocycles. The fraction of sp³-hybridized carbons (Fsp3) is 0.286. The lowest BCUT2D eigenvalue weighted by Crippen LogP contribution is -2.52. The van der Waals surface area contributed by atoms with Crippen molar-refractivity contribution in [3.63, 3.8) is 0 Å². The lowest BCUT2D eigenvalue weighted by atomic mass is 10.1. The third kappa shape index (κ3) is 7.74. The van der Waals surface area contributed by atoms with E-state index in [0.29, 0.717) is 5.75 Å². The maximum absolute atomic E-state index is 13.9. The first-order valence-electron chi connectivity index (χ1n) is 12.2. The average molecular weight is 637 g/mol. The number of nitrogens with zero attached hydrogens (tertiary/aromatic N) is 2. The largest absolute Gasteiger partial charge is 0.495 e. The Hall–Kier alpha value is -3.08. The highest BCUT2D eigenvalue weighted by atomic mass is 79.9. The Morgan fingerprint density at radius 3 is 2.21 bits per heavy atom. The minimum absolute atomic E-state index is 0.00907. The quantitative estimate of drug-likeness (QED) is 0.310. The number of halogens is 2. The van der Waals surface area contributed by atoms with Crippen molar-refractivity contribution in [2.45, 2.75) is 44.3 Å². The van der Waals surface area contributed by atoms with Crippen LogP contribution < -0.4 is 14.4 Å². The van der Waals surface area contributed by atoms with Gasteiger partial charge in [0.05, 0.1) is 22.7 Å². The van der Waals surface area contributed by atoms with Crippen LogP contribution in [-0.2, 0) is 26.2 Å². The van der Waals surface area contributed by atoms with E-state index < -0.39 is 28.5 Å². The Bertz CT molecular complexity index is 1400. The number of methoxy groups -OCH3 is 1. The summed E-state index contributed by atoms with van der Waals surface area (Å²) in [6.07, 6.45) is 0. The van der Waals surface area contributed by atoms with Gasteiger partial charge in [-0.05, 0) is 68.8 Å². The van der Waals surface area contributed by atoms with Crippen LogP contribution in [0.3, 0.4) is 0 Å². The topological polar surface area (TPSA) is 96.0 Å². The molecular weight excluding hydrogens is 606 g/mol. The molecule has 0 aliphatic heterocycles. The highest BCUT2D eigenvalue weighted by Gasteiger charge is 2.33. The molecule has 11 heteroatoms. The second kappa shape index (κ2) is 13.3. The molecule has 0 unspecified atom stereocenters. The molecule has 39 heavy (non-hydrogen) atoms. The zero-order chi connectivity index (χ0) is 28.7. The molecule has 0 fully saturated rings. The minimum Gasteiger partial charge on any atom is -0.495 e. The summed E-state index contributed by atoms with van der Waals surface area (Å²) in [6.45, 7) is 4.81. The number of ether oxygens (including phenoxy) is 1. The minimum atomic E-state index is -4.18. The molecular formula is C28H31BrClN3O5S. The second-order valence-electron chi connectivity index (χ2n) is 9.13. The Labute approximate surface area is 243 Å². The Balaban J connectivity index is 2.05. The zero-order valence-corrected chi connectivity index (χ0v) is 25.3. The molecule has 3 aromatic carbocycles. The van der Waals surface area contributed by atoms with Gasteiger partial charge in [0, 0.05) is 17.1 Å². The van der Waals surface area contributed by atoms with Crippen LogP contribution in [0.15, 0.2) is 82.2 Å². The predicted octanol–water partition coefficient (Wildman–Crippen LogP) is 5.25. The second-order valence-corrected chi connectivity index (χ2v) is 12.3. The SMILES string of the molecule is COc1ccc(N(CC(=O)N(Cc2ccc(Br)cc2)[C@@H](C)C(=O)NC(C)C)S(=O)(=O)c2ccccc2)cc1Cl. The van der Waals surface area contributed by atoms with Crippen LogP contribution in [0.5, 0.6) is 5.75 Å². The first kappa shape index (κ1) is 30.5. The normalized spacial score (nSPS) is 12.1. The van der Waals surface area contributed by atoms with E-state index in [4.69, 9.17) is 16.3 Å². The summed E-state index contributed by atoms with van der Waals surface area (Å²) in [5.74, 6) is -0.546. The van der Waals surface area contributed by atoms with E-state index in [1.807, 2.05) is 38.1 Å². The summed E-state index contributed by atoms with van der Waals surface area (Å²) in [4.78, 5) is 28.2. The molecule has 0 aromatic heterocycles. The van der Waals surface area contributed by atoms with Gasteiger partial charge in [0.15, 0.2) is 0 Å². The van der Waals surface area contributed by atoms with E-state index in [1.54, 1.807) is 25.1 Å². The number of amides is 2. The van der Waals surface area contributed by atoms with E-state index in [9.17, 15) is 18.0 Å². The van der Waals surface area contributed by atoms with Gasteiger partial charge >= 0.3 is 0 Å². The average Bonchev–Trinajstić information content (AvgIpc) is 2.90. The van der Waals surface area contributed by atoms with Crippen molar-refractivity contribution in [2.75, 3.05) is 18.0 Å². The fourth-order valence-electron chi connectivity index (χ4n) is 3.83. The fourth-order valence-corrected chi connectivity index (χ4v) is 5.78. The summed E-state index contributed by atoms with van der Waals surface area (Å²) in [6, 6.07) is 18.6. The summed E-state index contributed by atoms with van der Waals surface area (Å²) >= 11 is 9.73. The Morgan fingerprint density at radius 1 is 1.00 bits per heavy atom. The smallest absolute Gasteiger partial charge is 0.264 e. The lowest BCUT2D eigenvalue weighted by molar-refractivity contribution is -0.139. The van der Waals surface area contributed by atoms with Crippen molar-refractivity contribution in [1.29, 1.82) is 0 Å². The maximum Gasteiger partial charge on any atom is 0.264 e. The van der Waals surface area contributed by atoms with Gasteiger partial charge in [-0.1, -0.05) is 57.9 Å². The van der Waals surface area contributed by atoms with Gasteiger partial charge < -0.3 is 15.0 Å². The third-order valence-corrected chi connectivity index (χ3v) is 8.51. The van der Waals surface area contributed by atoms with Gasteiger partial charge in [0.2, 0.25) is 11.8 Å². The van der Waals surface area contributed by atoms with Crippen LogP contribution in [0, 0.1) is 0 Å². The van der Waals surface area contributed by atoms with Gasteiger partial charge in [-0.15, -0.1) is 0 Å². The van der Waals surface area contributed by atoms with Crippen molar-refractivity contribution < 1.29 is 22.7 Å². The van der Waals surface area contributed by atoms with Crippen LogP contribution in [0.1, 0.15) is 26.3 Å². The molecule has 0 spiro atoms. The van der Waals surface area contributed by atoms with Crippen molar-refractivity contribution in [3.05, 3.63) is 87.9 Å². The van der Waals surface area contributed by atoms with E-state index >= 15 is 0 Å². The van der Waals surface area contributed by atoms with Crippen LogP contribution >= 0.6 is 27.5 Å². The zero-order valence-electron chi connectivity index (χ0n) is 22.1. The molecule has 2 amide bonds. The molecule has 0 saturated carbocycles. The van der Waals surface area contributed by atoms with Crippen LogP contribution in [0.4, 0.5) is 5.69 Å². The van der Waals surface area contributed by atoms with E-state index in [-0.39, 0.29) is 34.1 Å². The third-order valence-electron chi connectivity index (χ3n) is 5.90. The molecule has 0 aliphatic rings.